The highest BCUT2D eigenvalue weighted by Crippen LogP contribution is 2.08. The summed E-state index contributed by atoms with van der Waals surface area (Å²) in [7, 11) is 0. The number of amides is 1. The summed E-state index contributed by atoms with van der Waals surface area (Å²) < 4.78 is 1.70. The molecule has 86 valence electrons. The van der Waals surface area contributed by atoms with Crippen LogP contribution in [0.2, 0.25) is 0 Å². The van der Waals surface area contributed by atoms with Gasteiger partial charge in [-0.1, -0.05) is 24.3 Å². The topological polar surface area (TPSA) is 59.8 Å². The first-order valence-corrected chi connectivity index (χ1v) is 5.19. The van der Waals surface area contributed by atoms with Gasteiger partial charge in [0.15, 0.2) is 0 Å². The minimum Gasteiger partial charge on any atom is -0.355 e. The molecule has 0 saturated heterocycles. The van der Waals surface area contributed by atoms with Crippen LogP contribution >= 0.6 is 0 Å². The summed E-state index contributed by atoms with van der Waals surface area (Å²) in [6.07, 6.45) is 7.66. The summed E-state index contributed by atoms with van der Waals surface area (Å²) in [5.74, 6) is 0. The van der Waals surface area contributed by atoms with Crippen molar-refractivity contribution < 1.29 is 4.79 Å². The van der Waals surface area contributed by atoms with E-state index in [1.807, 2.05) is 36.4 Å². The minimum atomic E-state index is 0.536. The van der Waals surface area contributed by atoms with Crippen LogP contribution < -0.4 is 5.32 Å². The van der Waals surface area contributed by atoms with Crippen LogP contribution in [0.25, 0.3) is 11.8 Å². The van der Waals surface area contributed by atoms with Gasteiger partial charge in [0.05, 0.1) is 5.69 Å². The van der Waals surface area contributed by atoms with Crippen molar-refractivity contribution in [2.75, 3.05) is 6.54 Å². The Bertz CT molecular complexity index is 488. The molecular formula is C12H12N4O. The maximum absolute atomic E-state index is 10.0. The van der Waals surface area contributed by atoms with Crippen LogP contribution in [-0.2, 0) is 4.79 Å². The first-order valence-electron chi connectivity index (χ1n) is 5.19. The lowest BCUT2D eigenvalue weighted by Crippen LogP contribution is -2.09. The van der Waals surface area contributed by atoms with E-state index >= 15 is 0 Å². The van der Waals surface area contributed by atoms with E-state index in [0.29, 0.717) is 13.0 Å². The fourth-order valence-corrected chi connectivity index (χ4v) is 1.39. The number of rotatable bonds is 5. The van der Waals surface area contributed by atoms with Crippen molar-refractivity contribution in [3.63, 3.8) is 0 Å². The maximum atomic E-state index is 10.0. The highest BCUT2D eigenvalue weighted by molar-refractivity contribution is 5.53. The van der Waals surface area contributed by atoms with Crippen molar-refractivity contribution in [2.45, 2.75) is 0 Å². The van der Waals surface area contributed by atoms with Crippen molar-refractivity contribution in [3.8, 4) is 5.69 Å². The number of aromatic nitrogens is 3. The Hall–Kier alpha value is -2.43. The second-order valence-corrected chi connectivity index (χ2v) is 3.36. The maximum Gasteiger partial charge on any atom is 0.207 e. The van der Waals surface area contributed by atoms with Crippen LogP contribution in [0, 0.1) is 0 Å². The lowest BCUT2D eigenvalue weighted by atomic mass is 10.2. The molecule has 1 heterocycles. The van der Waals surface area contributed by atoms with Crippen LogP contribution in [0.15, 0.2) is 43.0 Å². The average Bonchev–Trinajstić information content (AvgIpc) is 2.89. The van der Waals surface area contributed by atoms with Gasteiger partial charge in [0.25, 0.3) is 0 Å². The minimum absolute atomic E-state index is 0.536. The van der Waals surface area contributed by atoms with Crippen molar-refractivity contribution in [2.24, 2.45) is 0 Å². The van der Waals surface area contributed by atoms with Crippen LogP contribution in [-0.4, -0.2) is 27.7 Å². The zero-order chi connectivity index (χ0) is 11.9. The van der Waals surface area contributed by atoms with E-state index in [0.717, 1.165) is 11.3 Å². The quantitative estimate of drug-likeness (QED) is 0.614. The number of hydrogen-bond acceptors (Lipinski definition) is 3. The van der Waals surface area contributed by atoms with E-state index in [-0.39, 0.29) is 0 Å². The highest BCUT2D eigenvalue weighted by Gasteiger charge is 1.95. The summed E-state index contributed by atoms with van der Waals surface area (Å²) in [6.45, 7) is 0.536. The van der Waals surface area contributed by atoms with Crippen molar-refractivity contribution >= 4 is 12.5 Å². The van der Waals surface area contributed by atoms with Gasteiger partial charge >= 0.3 is 0 Å². The van der Waals surface area contributed by atoms with E-state index in [1.54, 1.807) is 11.0 Å². The predicted molar refractivity (Wildman–Crippen MR) is 64.5 cm³/mol. The third-order valence-corrected chi connectivity index (χ3v) is 2.21. The Morgan fingerprint density at radius 1 is 1.29 bits per heavy atom. The van der Waals surface area contributed by atoms with Gasteiger partial charge in [0, 0.05) is 6.54 Å². The number of carbonyl (C=O) groups is 1. The number of benzene rings is 1. The second-order valence-electron chi connectivity index (χ2n) is 3.36. The first kappa shape index (κ1) is 11.1. The summed E-state index contributed by atoms with van der Waals surface area (Å²) in [4.78, 5) is 13.9. The molecule has 1 N–H and O–H groups in total. The van der Waals surface area contributed by atoms with E-state index < -0.39 is 0 Å². The molecule has 0 bridgehead atoms. The van der Waals surface area contributed by atoms with Gasteiger partial charge in [-0.05, 0) is 17.7 Å². The third kappa shape index (κ3) is 3.01. The van der Waals surface area contributed by atoms with Crippen molar-refractivity contribution in [1.82, 2.24) is 20.1 Å². The molecule has 2 rings (SSSR count). The average molecular weight is 228 g/mol. The Balaban J connectivity index is 2.03. The molecule has 1 amide bonds. The zero-order valence-corrected chi connectivity index (χ0v) is 9.15. The summed E-state index contributed by atoms with van der Waals surface area (Å²) in [6, 6.07) is 7.88. The van der Waals surface area contributed by atoms with Gasteiger partial charge in [0.1, 0.15) is 12.7 Å². The smallest absolute Gasteiger partial charge is 0.207 e. The number of nitrogens with zero attached hydrogens (tertiary/aromatic N) is 3. The fraction of sp³-hybridized carbons (Fsp3) is 0.0833. The van der Waals surface area contributed by atoms with Crippen molar-refractivity contribution in [3.05, 3.63) is 48.6 Å². The Kier molecular flexibility index (Phi) is 3.64. The SMILES string of the molecule is O=CNC/C=C/c1ccc(-n2cncn2)cc1. The molecule has 1 aromatic heterocycles. The molecule has 0 aliphatic carbocycles. The molecule has 5 nitrogen and oxygen atoms in total. The van der Waals surface area contributed by atoms with E-state index in [4.69, 9.17) is 0 Å². The lowest BCUT2D eigenvalue weighted by molar-refractivity contribution is -0.109. The summed E-state index contributed by atoms with van der Waals surface area (Å²) in [5.41, 5.74) is 2.03. The molecule has 0 radical (unpaired) electrons. The molecule has 1 aromatic carbocycles. The third-order valence-electron chi connectivity index (χ3n) is 2.21. The van der Waals surface area contributed by atoms with E-state index in [1.165, 1.54) is 6.33 Å². The number of carbonyl (C=O) groups excluding carboxylic acids is 1. The molecule has 0 saturated carbocycles. The van der Waals surface area contributed by atoms with Gasteiger partial charge in [-0.3, -0.25) is 4.79 Å². The second kappa shape index (κ2) is 5.60. The molecule has 17 heavy (non-hydrogen) atoms. The molecule has 0 unspecified atom stereocenters. The fourth-order valence-electron chi connectivity index (χ4n) is 1.39. The van der Waals surface area contributed by atoms with E-state index in [9.17, 15) is 4.79 Å². The monoisotopic (exact) mass is 228 g/mol. The first-order chi connectivity index (χ1) is 8.40. The highest BCUT2D eigenvalue weighted by atomic mass is 16.1. The van der Waals surface area contributed by atoms with Crippen molar-refractivity contribution in [1.29, 1.82) is 0 Å². The molecule has 0 spiro atoms. The van der Waals surface area contributed by atoms with Gasteiger partial charge in [-0.25, -0.2) is 9.67 Å². The Morgan fingerprint density at radius 2 is 2.12 bits per heavy atom. The van der Waals surface area contributed by atoms with Crippen LogP contribution in [0.3, 0.4) is 0 Å². The van der Waals surface area contributed by atoms with Crippen LogP contribution in [0.5, 0.6) is 0 Å². The van der Waals surface area contributed by atoms with Crippen LogP contribution in [0.1, 0.15) is 5.56 Å². The Morgan fingerprint density at radius 3 is 2.76 bits per heavy atom. The number of hydrogen-bond donors (Lipinski definition) is 1. The van der Waals surface area contributed by atoms with Gasteiger partial charge in [-0.2, -0.15) is 5.10 Å². The largest absolute Gasteiger partial charge is 0.355 e. The molecule has 0 fully saturated rings. The summed E-state index contributed by atoms with van der Waals surface area (Å²) in [5, 5.41) is 6.60. The van der Waals surface area contributed by atoms with Gasteiger partial charge in [0.2, 0.25) is 6.41 Å². The molecule has 5 heteroatoms. The molecular weight excluding hydrogens is 216 g/mol. The van der Waals surface area contributed by atoms with Gasteiger partial charge < -0.3 is 5.32 Å². The number of nitrogens with one attached hydrogen (secondary N) is 1. The van der Waals surface area contributed by atoms with Crippen LogP contribution in [0.4, 0.5) is 0 Å². The molecule has 2 aromatic rings. The molecule has 0 atom stereocenters. The standard InChI is InChI=1S/C12H12N4O/c17-10-13-7-1-2-11-3-5-12(6-4-11)16-9-14-8-15-16/h1-6,8-10H,7H2,(H,13,17)/b2-1+. The molecule has 0 aliphatic rings. The summed E-state index contributed by atoms with van der Waals surface area (Å²) >= 11 is 0. The zero-order valence-electron chi connectivity index (χ0n) is 9.15. The normalized spacial score (nSPS) is 10.6. The lowest BCUT2D eigenvalue weighted by Gasteiger charge is -2.00. The predicted octanol–water partition coefficient (Wildman–Crippen LogP) is 1.03. The van der Waals surface area contributed by atoms with E-state index in [2.05, 4.69) is 15.4 Å². The van der Waals surface area contributed by atoms with Gasteiger partial charge in [-0.15, -0.1) is 0 Å². The Labute approximate surface area is 98.8 Å². The molecule has 0 aliphatic heterocycles.